The summed E-state index contributed by atoms with van der Waals surface area (Å²) >= 11 is 0. The van der Waals surface area contributed by atoms with Gasteiger partial charge >= 0.3 is 11.9 Å². The van der Waals surface area contributed by atoms with E-state index in [1.807, 2.05) is 0 Å². The Labute approximate surface area is 274 Å². The fourth-order valence-corrected chi connectivity index (χ4v) is 5.95. The second-order valence-electron chi connectivity index (χ2n) is 10.3. The first-order chi connectivity index (χ1) is 22.7. The van der Waals surface area contributed by atoms with Gasteiger partial charge in [0.1, 0.15) is 0 Å². The van der Waals surface area contributed by atoms with E-state index in [0.717, 1.165) is 0 Å². The Balaban J connectivity index is 1.10. The number of hydrogen-bond acceptors (Lipinski definition) is 14. The molecule has 0 saturated carbocycles. The molecule has 0 bridgehead atoms. The monoisotopic (exact) mass is 696 g/mol. The average Bonchev–Trinajstić information content (AvgIpc) is 3.56. The maximum atomic E-state index is 12.7. The van der Waals surface area contributed by atoms with E-state index in [-0.39, 0.29) is 32.7 Å². The van der Waals surface area contributed by atoms with E-state index in [0.29, 0.717) is 33.9 Å². The molecule has 0 aliphatic rings. The summed E-state index contributed by atoms with van der Waals surface area (Å²) in [5, 5.41) is 7.44. The molecule has 0 spiro atoms. The molecule has 0 aliphatic carbocycles. The van der Waals surface area contributed by atoms with Gasteiger partial charge in [-0.05, 0) is 100 Å². The highest BCUT2D eigenvalue weighted by molar-refractivity contribution is 7.93. The number of carbonyl (C=O) groups is 2. The zero-order chi connectivity index (χ0) is 34.6. The van der Waals surface area contributed by atoms with Gasteiger partial charge in [-0.2, -0.15) is 0 Å². The lowest BCUT2D eigenvalue weighted by molar-refractivity contribution is 0.0582. The van der Waals surface area contributed by atoms with Crippen LogP contribution < -0.4 is 20.4 Å². The van der Waals surface area contributed by atoms with Crippen LogP contribution in [-0.4, -0.2) is 39.1 Å². The summed E-state index contributed by atoms with van der Waals surface area (Å²) in [5.41, 5.74) is 7.92. The van der Waals surface area contributed by atoms with Crippen LogP contribution in [0.4, 0.5) is 23.1 Å². The Morgan fingerprint density at radius 1 is 0.562 bits per heavy atom. The summed E-state index contributed by atoms with van der Waals surface area (Å²) in [6.07, 6.45) is 0. The van der Waals surface area contributed by atoms with E-state index in [9.17, 15) is 26.4 Å². The number of carbonyl (C=O) groups excluding carboxylic acids is 2. The van der Waals surface area contributed by atoms with Gasteiger partial charge < -0.3 is 18.7 Å². The molecule has 0 radical (unpaired) electrons. The molecule has 0 atom stereocenters. The lowest BCUT2D eigenvalue weighted by Crippen LogP contribution is -2.14. The molecule has 18 heteroatoms. The molecule has 0 fully saturated rings. The molecule has 0 saturated heterocycles. The summed E-state index contributed by atoms with van der Waals surface area (Å²) in [4.78, 5) is 35.0. The predicted octanol–water partition coefficient (Wildman–Crippen LogP) is 4.87. The van der Waals surface area contributed by atoms with Crippen molar-refractivity contribution in [3.05, 3.63) is 106 Å². The second kappa shape index (κ2) is 13.5. The van der Waals surface area contributed by atoms with Crippen LogP contribution in [0, 0.1) is 27.7 Å². The Kier molecular flexibility index (Phi) is 9.39. The molecule has 0 amide bonds. The van der Waals surface area contributed by atoms with Crippen molar-refractivity contribution in [3.63, 3.8) is 0 Å². The lowest BCUT2D eigenvalue weighted by Gasteiger charge is -2.10. The standard InChI is InChI=1S/C30H28N6O10S2/c1-17-19(3)31-43-27(17)35-47(39,40)25-13-9-23(10-14-25)33-45-29(37)21-5-7-22(8-6-21)30(38)46-34-24-11-15-26(16-12-24)48(41,42)36-28-18(2)20(4)32-44-28/h5-16,33-36H,1-4H3. The topological polar surface area (TPSA) is 221 Å². The normalized spacial score (nSPS) is 11.4. The zero-order valence-electron chi connectivity index (χ0n) is 25.7. The summed E-state index contributed by atoms with van der Waals surface area (Å²) in [5.74, 6) is -1.52. The Hall–Kier alpha value is -5.88. The van der Waals surface area contributed by atoms with E-state index in [2.05, 4.69) is 30.7 Å². The number of sulfonamides is 2. The Morgan fingerprint density at radius 2 is 0.896 bits per heavy atom. The van der Waals surface area contributed by atoms with Gasteiger partial charge in [0.2, 0.25) is 11.8 Å². The summed E-state index contributed by atoms with van der Waals surface area (Å²) in [6.45, 7) is 6.71. The van der Waals surface area contributed by atoms with Gasteiger partial charge in [-0.25, -0.2) is 46.8 Å². The smallest absolute Gasteiger partial charge is 0.338 e. The molecular formula is C30H28N6O10S2. The minimum absolute atomic E-state index is 0.0167. The van der Waals surface area contributed by atoms with Crippen molar-refractivity contribution < 1.29 is 45.1 Å². The Bertz CT molecular complexity index is 2020. The van der Waals surface area contributed by atoms with Crippen LogP contribution in [-0.2, 0) is 29.7 Å². The van der Waals surface area contributed by atoms with E-state index in [1.54, 1.807) is 27.7 Å². The number of nitrogens with zero attached hydrogens (tertiary/aromatic N) is 2. The maximum absolute atomic E-state index is 12.7. The van der Waals surface area contributed by atoms with E-state index >= 15 is 0 Å². The first-order valence-electron chi connectivity index (χ1n) is 13.9. The molecule has 2 aromatic heterocycles. The van der Waals surface area contributed by atoms with Crippen LogP contribution in [0.2, 0.25) is 0 Å². The number of rotatable bonds is 12. The second-order valence-corrected chi connectivity index (χ2v) is 13.6. The number of benzene rings is 3. The minimum atomic E-state index is -3.95. The predicted molar refractivity (Wildman–Crippen MR) is 171 cm³/mol. The van der Waals surface area contributed by atoms with E-state index in [1.165, 1.54) is 72.8 Å². The third kappa shape index (κ3) is 7.56. The first-order valence-corrected chi connectivity index (χ1v) is 16.9. The molecule has 2 heterocycles. The first kappa shape index (κ1) is 33.5. The van der Waals surface area contributed by atoms with Crippen LogP contribution in [0.5, 0.6) is 0 Å². The molecule has 5 aromatic rings. The van der Waals surface area contributed by atoms with Crippen LogP contribution in [0.3, 0.4) is 0 Å². The molecule has 3 aromatic carbocycles. The van der Waals surface area contributed by atoms with Crippen molar-refractivity contribution >= 4 is 55.1 Å². The summed E-state index contributed by atoms with van der Waals surface area (Å²) in [7, 11) is -7.91. The Morgan fingerprint density at radius 3 is 1.19 bits per heavy atom. The fourth-order valence-electron chi connectivity index (χ4n) is 3.86. The molecule has 16 nitrogen and oxygen atoms in total. The van der Waals surface area contributed by atoms with Crippen molar-refractivity contribution in [2.45, 2.75) is 37.5 Å². The number of aromatic nitrogens is 2. The van der Waals surface area contributed by atoms with Crippen LogP contribution in [0.15, 0.2) is 91.6 Å². The lowest BCUT2D eigenvalue weighted by atomic mass is 10.1. The SMILES string of the molecule is Cc1noc(NS(=O)(=O)c2ccc(NOC(=O)c3ccc(C(=O)ONc4ccc(S(=O)(=O)Nc5onc(C)c5C)cc4)cc3)cc2)c1C. The van der Waals surface area contributed by atoms with Crippen LogP contribution >= 0.6 is 0 Å². The van der Waals surface area contributed by atoms with Gasteiger partial charge in [-0.15, -0.1) is 0 Å². The number of nitrogens with one attached hydrogen (secondary N) is 4. The van der Waals surface area contributed by atoms with Crippen molar-refractivity contribution in [1.82, 2.24) is 10.3 Å². The van der Waals surface area contributed by atoms with Crippen LogP contribution in [0.1, 0.15) is 43.2 Å². The minimum Gasteiger partial charge on any atom is -0.338 e. The molecule has 0 aliphatic heterocycles. The molecule has 48 heavy (non-hydrogen) atoms. The summed E-state index contributed by atoms with van der Waals surface area (Å²) < 4.78 is 65.3. The van der Waals surface area contributed by atoms with Gasteiger partial charge in [0.05, 0.1) is 43.7 Å². The quantitative estimate of drug-likeness (QED) is 0.128. The van der Waals surface area contributed by atoms with Crippen molar-refractivity contribution in [1.29, 1.82) is 0 Å². The van der Waals surface area contributed by atoms with Crippen molar-refractivity contribution in [3.8, 4) is 0 Å². The summed E-state index contributed by atoms with van der Waals surface area (Å²) in [6, 6.07) is 16.2. The van der Waals surface area contributed by atoms with E-state index < -0.39 is 32.0 Å². The third-order valence-electron chi connectivity index (χ3n) is 6.98. The number of aryl methyl sites for hydroxylation is 2. The van der Waals surface area contributed by atoms with Crippen LogP contribution in [0.25, 0.3) is 0 Å². The molecule has 250 valence electrons. The highest BCUT2D eigenvalue weighted by Gasteiger charge is 2.21. The molecular weight excluding hydrogens is 668 g/mol. The maximum Gasteiger partial charge on any atom is 0.362 e. The van der Waals surface area contributed by atoms with Crippen molar-refractivity contribution in [2.75, 3.05) is 20.4 Å². The van der Waals surface area contributed by atoms with Gasteiger partial charge in [0, 0.05) is 11.1 Å². The van der Waals surface area contributed by atoms with Gasteiger partial charge in [0.25, 0.3) is 20.0 Å². The van der Waals surface area contributed by atoms with E-state index in [4.69, 9.17) is 18.7 Å². The average molecular weight is 697 g/mol. The highest BCUT2D eigenvalue weighted by atomic mass is 32.2. The molecule has 4 N–H and O–H groups in total. The largest absolute Gasteiger partial charge is 0.362 e. The van der Waals surface area contributed by atoms with Crippen molar-refractivity contribution in [2.24, 2.45) is 0 Å². The van der Waals surface area contributed by atoms with Gasteiger partial charge in [0.15, 0.2) is 0 Å². The molecule has 0 unspecified atom stereocenters. The fraction of sp³-hybridized carbons (Fsp3) is 0.133. The number of anilines is 4. The van der Waals surface area contributed by atoms with Gasteiger partial charge in [-0.3, -0.25) is 0 Å². The third-order valence-corrected chi connectivity index (χ3v) is 9.67. The zero-order valence-corrected chi connectivity index (χ0v) is 27.4. The van der Waals surface area contributed by atoms with Gasteiger partial charge in [-0.1, -0.05) is 10.3 Å². The molecule has 5 rings (SSSR count). The highest BCUT2D eigenvalue weighted by Crippen LogP contribution is 2.24. The number of hydrogen-bond donors (Lipinski definition) is 4.